The van der Waals surface area contributed by atoms with Crippen LogP contribution in [0.3, 0.4) is 0 Å². The van der Waals surface area contributed by atoms with Crippen molar-refractivity contribution in [3.63, 3.8) is 0 Å². The first-order valence-electron chi connectivity index (χ1n) is 14.2. The van der Waals surface area contributed by atoms with Gasteiger partial charge in [-0.3, -0.25) is 9.59 Å². The number of likely N-dealkylation sites (tertiary alicyclic amines) is 1. The van der Waals surface area contributed by atoms with Crippen molar-refractivity contribution < 1.29 is 28.6 Å². The lowest BCUT2D eigenvalue weighted by Gasteiger charge is -2.42. The van der Waals surface area contributed by atoms with Crippen LogP contribution in [0.1, 0.15) is 90.6 Å². The average Bonchev–Trinajstić information content (AvgIpc) is 2.84. The third kappa shape index (κ3) is 7.04. The second kappa shape index (κ2) is 12.1. The number of benzene rings is 1. The van der Waals surface area contributed by atoms with Crippen molar-refractivity contribution in [3.05, 3.63) is 23.3 Å². The minimum atomic E-state index is -1.01. The summed E-state index contributed by atoms with van der Waals surface area (Å²) in [5.41, 5.74) is 0.449. The summed E-state index contributed by atoms with van der Waals surface area (Å²) in [6.45, 7) is 17.1. The van der Waals surface area contributed by atoms with E-state index in [0.29, 0.717) is 56.1 Å². The number of hydrogen-bond acceptors (Lipinski definition) is 6. The summed E-state index contributed by atoms with van der Waals surface area (Å²) in [7, 11) is 1.64. The molecule has 1 aromatic rings. The van der Waals surface area contributed by atoms with Gasteiger partial charge in [0, 0.05) is 45.0 Å². The lowest BCUT2D eigenvalue weighted by molar-refractivity contribution is -0.132. The zero-order chi connectivity index (χ0) is 29.1. The van der Waals surface area contributed by atoms with Gasteiger partial charge in [-0.05, 0) is 91.8 Å². The molecule has 0 radical (unpaired) electrons. The van der Waals surface area contributed by atoms with Gasteiger partial charge in [-0.2, -0.15) is 0 Å². The van der Waals surface area contributed by atoms with E-state index in [4.69, 9.17) is 14.2 Å². The van der Waals surface area contributed by atoms with Crippen molar-refractivity contribution in [2.45, 2.75) is 104 Å². The maximum atomic E-state index is 14.3. The quantitative estimate of drug-likeness (QED) is 0.425. The van der Waals surface area contributed by atoms with Crippen molar-refractivity contribution in [1.82, 2.24) is 9.80 Å². The molecule has 2 aliphatic rings. The van der Waals surface area contributed by atoms with Crippen LogP contribution in [0.4, 0.5) is 10.5 Å². The number of piperidine rings is 1. The number of hydrogen-bond donors (Lipinski definition) is 0. The Morgan fingerprint density at radius 1 is 1.23 bits per heavy atom. The Bertz CT molecular complexity index is 1060. The van der Waals surface area contributed by atoms with E-state index >= 15 is 0 Å². The van der Waals surface area contributed by atoms with Crippen molar-refractivity contribution >= 4 is 23.6 Å². The van der Waals surface area contributed by atoms with Crippen molar-refractivity contribution in [3.8, 4) is 5.75 Å². The van der Waals surface area contributed by atoms with Gasteiger partial charge in [0.2, 0.25) is 0 Å². The average molecular weight is 546 g/mol. The summed E-state index contributed by atoms with van der Waals surface area (Å²) in [4.78, 5) is 45.7. The van der Waals surface area contributed by atoms with Crippen LogP contribution >= 0.6 is 0 Å². The van der Waals surface area contributed by atoms with Gasteiger partial charge in [0.15, 0.2) is 5.60 Å². The van der Waals surface area contributed by atoms with Gasteiger partial charge in [-0.25, -0.2) is 4.79 Å². The molecule has 0 saturated carbocycles. The Labute approximate surface area is 233 Å². The highest BCUT2D eigenvalue weighted by molar-refractivity contribution is 6.05. The third-order valence-electron chi connectivity index (χ3n) is 7.17. The highest BCUT2D eigenvalue weighted by Crippen LogP contribution is 2.40. The van der Waals surface area contributed by atoms with Crippen LogP contribution in [0.5, 0.6) is 5.75 Å². The summed E-state index contributed by atoms with van der Waals surface area (Å²) in [5, 5.41) is 0. The molecule has 0 spiro atoms. The second-order valence-corrected chi connectivity index (χ2v) is 12.3. The molecule has 3 rings (SSSR count). The Kier molecular flexibility index (Phi) is 9.57. The fourth-order valence-corrected chi connectivity index (χ4v) is 5.37. The monoisotopic (exact) mass is 545 g/mol. The molecule has 9 nitrogen and oxygen atoms in total. The lowest BCUT2D eigenvalue weighted by Crippen LogP contribution is -2.55. The molecular weight excluding hydrogens is 498 g/mol. The van der Waals surface area contributed by atoms with E-state index in [1.54, 1.807) is 30.8 Å². The Morgan fingerprint density at radius 2 is 1.92 bits per heavy atom. The Hall–Kier alpha value is -2.81. The van der Waals surface area contributed by atoms with Crippen LogP contribution in [0, 0.1) is 0 Å². The maximum absolute atomic E-state index is 14.3. The molecule has 0 aliphatic carbocycles. The number of rotatable bonds is 8. The number of anilines is 1. The van der Waals surface area contributed by atoms with E-state index in [1.807, 2.05) is 58.6 Å². The number of ether oxygens (including phenoxy) is 3. The first-order valence-corrected chi connectivity index (χ1v) is 14.2. The van der Waals surface area contributed by atoms with Gasteiger partial charge >= 0.3 is 6.09 Å². The lowest BCUT2D eigenvalue weighted by atomic mass is 9.96. The van der Waals surface area contributed by atoms with Crippen LogP contribution in [-0.2, 0) is 20.7 Å². The summed E-state index contributed by atoms with van der Waals surface area (Å²) >= 11 is 0. The Balaban J connectivity index is 1.97. The first kappa shape index (κ1) is 30.7. The minimum absolute atomic E-state index is 0.0866. The summed E-state index contributed by atoms with van der Waals surface area (Å²) in [5.74, 6) is 0.361. The molecule has 218 valence electrons. The van der Waals surface area contributed by atoms with Gasteiger partial charge in [0.1, 0.15) is 11.4 Å². The highest BCUT2D eigenvalue weighted by Gasteiger charge is 2.42. The molecule has 2 heterocycles. The second-order valence-electron chi connectivity index (χ2n) is 12.3. The molecule has 0 N–H and O–H groups in total. The zero-order valence-electron chi connectivity index (χ0n) is 25.3. The van der Waals surface area contributed by atoms with Crippen LogP contribution < -0.4 is 9.64 Å². The van der Waals surface area contributed by atoms with Crippen LogP contribution in [0.25, 0.3) is 0 Å². The van der Waals surface area contributed by atoms with Gasteiger partial charge in [-0.15, -0.1) is 0 Å². The highest BCUT2D eigenvalue weighted by atomic mass is 16.6. The largest absolute Gasteiger partial charge is 0.476 e. The maximum Gasteiger partial charge on any atom is 0.410 e. The summed E-state index contributed by atoms with van der Waals surface area (Å²) in [6, 6.07) is 3.50. The van der Waals surface area contributed by atoms with Crippen LogP contribution in [0.15, 0.2) is 12.1 Å². The van der Waals surface area contributed by atoms with Gasteiger partial charge in [-0.1, -0.05) is 6.92 Å². The van der Waals surface area contributed by atoms with E-state index in [1.165, 1.54) is 0 Å². The van der Waals surface area contributed by atoms with E-state index in [9.17, 15) is 14.4 Å². The molecule has 9 heteroatoms. The topological polar surface area (TPSA) is 88.6 Å². The Morgan fingerprint density at radius 3 is 2.51 bits per heavy atom. The predicted octanol–water partition coefficient (Wildman–Crippen LogP) is 5.04. The SMILES string of the molecule is CCc1cc2c(cc1C(=O)N(C(C)C)[C@@H]1CCCN(C(=O)OC(C)(C)C)C1)N(CCCOC)C(=O)C(C)(C)O2. The molecule has 1 aromatic carbocycles. The molecule has 1 saturated heterocycles. The fourth-order valence-electron chi connectivity index (χ4n) is 5.37. The predicted molar refractivity (Wildman–Crippen MR) is 152 cm³/mol. The standard InChI is InChI=1S/C30H47N3O6/c1-10-21-17-25-24(32(15-12-16-37-9)27(35)30(7,8)38-25)18-23(21)26(34)33(20(2)3)22-13-11-14-31(19-22)28(36)39-29(4,5)6/h17-18,20,22H,10-16,19H2,1-9H3/t22-/m1/s1. The molecule has 3 amide bonds. The van der Waals surface area contributed by atoms with Crippen molar-refractivity contribution in [2.75, 3.05) is 38.3 Å². The molecule has 0 aromatic heterocycles. The summed E-state index contributed by atoms with van der Waals surface area (Å²) in [6.07, 6.45) is 2.54. The van der Waals surface area contributed by atoms with Gasteiger partial charge in [0.25, 0.3) is 11.8 Å². The number of aryl methyl sites for hydroxylation is 1. The number of carbonyl (C=O) groups excluding carboxylic acids is 3. The number of amides is 3. The van der Waals surface area contributed by atoms with Crippen LogP contribution in [0.2, 0.25) is 0 Å². The molecule has 39 heavy (non-hydrogen) atoms. The number of carbonyl (C=O) groups is 3. The van der Waals surface area contributed by atoms with Gasteiger partial charge in [0.05, 0.1) is 11.7 Å². The normalized spacial score (nSPS) is 19.0. The number of nitrogens with zero attached hydrogens (tertiary/aromatic N) is 3. The van der Waals surface area contributed by atoms with Gasteiger partial charge < -0.3 is 28.9 Å². The smallest absolute Gasteiger partial charge is 0.410 e. The van der Waals surface area contributed by atoms with Crippen molar-refractivity contribution in [2.24, 2.45) is 0 Å². The van der Waals surface area contributed by atoms with E-state index in [-0.39, 0.29) is 30.0 Å². The minimum Gasteiger partial charge on any atom is -0.476 e. The third-order valence-corrected chi connectivity index (χ3v) is 7.17. The van der Waals surface area contributed by atoms with Crippen molar-refractivity contribution in [1.29, 1.82) is 0 Å². The summed E-state index contributed by atoms with van der Waals surface area (Å²) < 4.78 is 17.0. The van der Waals surface area contributed by atoms with E-state index in [0.717, 1.165) is 18.4 Å². The van der Waals surface area contributed by atoms with E-state index < -0.39 is 11.2 Å². The van der Waals surface area contributed by atoms with E-state index in [2.05, 4.69) is 0 Å². The number of fused-ring (bicyclic) bond motifs is 1. The molecule has 0 bridgehead atoms. The molecular formula is C30H47N3O6. The molecule has 1 atom stereocenters. The molecule has 1 fully saturated rings. The number of methoxy groups -OCH3 is 1. The fraction of sp³-hybridized carbons (Fsp3) is 0.700. The zero-order valence-corrected chi connectivity index (χ0v) is 25.3. The molecule has 2 aliphatic heterocycles. The molecule has 0 unspecified atom stereocenters. The van der Waals surface area contributed by atoms with Crippen LogP contribution in [-0.4, -0.2) is 84.3 Å². The first-order chi connectivity index (χ1) is 18.2.